The highest BCUT2D eigenvalue weighted by atomic mass is 16.2. The molecule has 0 bridgehead atoms. The van der Waals surface area contributed by atoms with E-state index in [0.717, 1.165) is 17.8 Å². The van der Waals surface area contributed by atoms with Gasteiger partial charge in [-0.3, -0.25) is 9.48 Å². The van der Waals surface area contributed by atoms with Crippen molar-refractivity contribution in [3.63, 3.8) is 0 Å². The van der Waals surface area contributed by atoms with Crippen molar-refractivity contribution in [2.45, 2.75) is 57.9 Å². The number of aryl methyl sites for hydroxylation is 1. The molecule has 1 amide bonds. The monoisotopic (exact) mass is 275 g/mol. The van der Waals surface area contributed by atoms with Crippen LogP contribution in [0.25, 0.3) is 0 Å². The fraction of sp³-hybridized carbons (Fsp3) is 0.750. The van der Waals surface area contributed by atoms with Gasteiger partial charge in [-0.1, -0.05) is 26.2 Å². The lowest BCUT2D eigenvalue weighted by Crippen LogP contribution is -2.56. The highest BCUT2D eigenvalue weighted by molar-refractivity contribution is 5.96. The fourth-order valence-corrected chi connectivity index (χ4v) is 3.57. The molecule has 0 aromatic carbocycles. The molecule has 1 aromatic heterocycles. The zero-order chi connectivity index (χ0) is 14.3. The Labute approximate surface area is 121 Å². The third-order valence-corrected chi connectivity index (χ3v) is 5.14. The van der Waals surface area contributed by atoms with Gasteiger partial charge >= 0.3 is 0 Å². The van der Waals surface area contributed by atoms with Crippen molar-refractivity contribution in [1.29, 1.82) is 0 Å². The number of carbonyl (C=O) groups excluding carboxylic acids is 1. The molecule has 1 saturated heterocycles. The summed E-state index contributed by atoms with van der Waals surface area (Å²) in [5, 5.41) is 4.61. The second-order valence-electron chi connectivity index (χ2n) is 6.61. The van der Waals surface area contributed by atoms with Crippen molar-refractivity contribution in [1.82, 2.24) is 14.7 Å². The molecule has 1 aliphatic carbocycles. The zero-order valence-electron chi connectivity index (χ0n) is 12.8. The highest BCUT2D eigenvalue weighted by Crippen LogP contribution is 2.35. The normalized spacial score (nSPS) is 27.4. The summed E-state index contributed by atoms with van der Waals surface area (Å²) in [6.07, 6.45) is 8.15. The standard InChI is InChI=1S/C16H25N3O/c1-11-9-19(12(11)2)16(20)14-10-18(3)17-15(14)13-7-5-4-6-8-13/h10-13H,4-9H2,1-3H3. The van der Waals surface area contributed by atoms with E-state index in [1.54, 1.807) is 0 Å². The minimum absolute atomic E-state index is 0.185. The molecular weight excluding hydrogens is 250 g/mol. The van der Waals surface area contributed by atoms with Gasteiger partial charge in [-0.05, 0) is 25.7 Å². The van der Waals surface area contributed by atoms with Crippen LogP contribution >= 0.6 is 0 Å². The molecule has 2 heterocycles. The Balaban J connectivity index is 1.83. The Morgan fingerprint density at radius 3 is 2.55 bits per heavy atom. The summed E-state index contributed by atoms with van der Waals surface area (Å²) in [4.78, 5) is 14.7. The van der Waals surface area contributed by atoms with Gasteiger partial charge < -0.3 is 4.90 Å². The zero-order valence-corrected chi connectivity index (χ0v) is 12.8. The van der Waals surface area contributed by atoms with Crippen molar-refractivity contribution >= 4 is 5.91 Å². The smallest absolute Gasteiger partial charge is 0.257 e. The van der Waals surface area contributed by atoms with Gasteiger partial charge in [0.1, 0.15) is 0 Å². The topological polar surface area (TPSA) is 38.1 Å². The van der Waals surface area contributed by atoms with Gasteiger partial charge in [0.15, 0.2) is 0 Å². The first-order chi connectivity index (χ1) is 9.58. The number of likely N-dealkylation sites (tertiary alicyclic amines) is 1. The Hall–Kier alpha value is -1.32. The van der Waals surface area contributed by atoms with Crippen LogP contribution in [0.5, 0.6) is 0 Å². The van der Waals surface area contributed by atoms with Gasteiger partial charge in [-0.15, -0.1) is 0 Å². The lowest BCUT2D eigenvalue weighted by molar-refractivity contribution is 0.0268. The maximum Gasteiger partial charge on any atom is 0.257 e. The predicted octanol–water partition coefficient (Wildman–Crippen LogP) is 2.95. The number of amides is 1. The third kappa shape index (κ3) is 2.25. The Morgan fingerprint density at radius 2 is 1.95 bits per heavy atom. The second-order valence-corrected chi connectivity index (χ2v) is 6.61. The molecular formula is C16H25N3O. The van der Waals surface area contributed by atoms with Gasteiger partial charge in [0.25, 0.3) is 5.91 Å². The molecule has 4 nitrogen and oxygen atoms in total. The number of carbonyl (C=O) groups is 1. The predicted molar refractivity (Wildman–Crippen MR) is 78.7 cm³/mol. The van der Waals surface area contributed by atoms with E-state index < -0.39 is 0 Å². The number of rotatable bonds is 2. The average molecular weight is 275 g/mol. The molecule has 2 fully saturated rings. The van der Waals surface area contributed by atoms with Crippen molar-refractivity contribution in [2.75, 3.05) is 6.54 Å². The van der Waals surface area contributed by atoms with Crippen LogP contribution in [0.3, 0.4) is 0 Å². The highest BCUT2D eigenvalue weighted by Gasteiger charge is 2.38. The van der Waals surface area contributed by atoms with Crippen LogP contribution in [0.1, 0.15) is 67.9 Å². The first-order valence-corrected chi connectivity index (χ1v) is 7.92. The first-order valence-electron chi connectivity index (χ1n) is 7.92. The van der Waals surface area contributed by atoms with Crippen LogP contribution in [-0.2, 0) is 7.05 Å². The Kier molecular flexibility index (Phi) is 3.57. The SMILES string of the molecule is CC1CN(C(=O)c2cn(C)nc2C2CCCCC2)C1C. The molecule has 0 spiro atoms. The van der Waals surface area contributed by atoms with E-state index in [4.69, 9.17) is 0 Å². The van der Waals surface area contributed by atoms with E-state index in [1.165, 1.54) is 32.1 Å². The molecule has 1 saturated carbocycles. The van der Waals surface area contributed by atoms with E-state index in [9.17, 15) is 4.79 Å². The molecule has 20 heavy (non-hydrogen) atoms. The van der Waals surface area contributed by atoms with Crippen LogP contribution in [-0.4, -0.2) is 33.2 Å². The largest absolute Gasteiger partial charge is 0.335 e. The van der Waals surface area contributed by atoms with Crippen LogP contribution < -0.4 is 0 Å². The number of nitrogens with zero attached hydrogens (tertiary/aromatic N) is 3. The van der Waals surface area contributed by atoms with Gasteiger partial charge in [0.2, 0.25) is 0 Å². The maximum atomic E-state index is 12.7. The summed E-state index contributed by atoms with van der Waals surface area (Å²) in [6, 6.07) is 0.363. The summed E-state index contributed by atoms with van der Waals surface area (Å²) >= 11 is 0. The van der Waals surface area contributed by atoms with Crippen molar-refractivity contribution < 1.29 is 4.79 Å². The van der Waals surface area contributed by atoms with E-state index >= 15 is 0 Å². The minimum atomic E-state index is 0.185. The quantitative estimate of drug-likeness (QED) is 0.832. The molecule has 3 rings (SSSR count). The fourth-order valence-electron chi connectivity index (χ4n) is 3.57. The number of aromatic nitrogens is 2. The number of hydrogen-bond donors (Lipinski definition) is 0. The third-order valence-electron chi connectivity index (χ3n) is 5.14. The van der Waals surface area contributed by atoms with Crippen LogP contribution in [0.4, 0.5) is 0 Å². The van der Waals surface area contributed by atoms with Crippen LogP contribution in [0.2, 0.25) is 0 Å². The maximum absolute atomic E-state index is 12.7. The molecule has 2 atom stereocenters. The molecule has 1 aromatic rings. The van der Waals surface area contributed by atoms with Crippen LogP contribution in [0.15, 0.2) is 6.20 Å². The summed E-state index contributed by atoms with van der Waals surface area (Å²) in [6.45, 7) is 5.24. The average Bonchev–Trinajstić information content (AvgIpc) is 2.86. The summed E-state index contributed by atoms with van der Waals surface area (Å²) in [5.74, 6) is 1.29. The van der Waals surface area contributed by atoms with Gasteiger partial charge in [0, 0.05) is 31.7 Å². The second kappa shape index (κ2) is 5.23. The van der Waals surface area contributed by atoms with Gasteiger partial charge in [0.05, 0.1) is 11.3 Å². The van der Waals surface area contributed by atoms with E-state index in [2.05, 4.69) is 18.9 Å². The van der Waals surface area contributed by atoms with Crippen molar-refractivity contribution in [3.8, 4) is 0 Å². The minimum Gasteiger partial charge on any atom is -0.335 e. The molecule has 0 N–H and O–H groups in total. The summed E-state index contributed by atoms with van der Waals surface area (Å²) in [7, 11) is 1.92. The lowest BCUT2D eigenvalue weighted by atomic mass is 9.84. The molecule has 2 unspecified atom stereocenters. The van der Waals surface area contributed by atoms with Crippen LogP contribution in [0, 0.1) is 5.92 Å². The van der Waals surface area contributed by atoms with Gasteiger partial charge in [-0.25, -0.2) is 0 Å². The molecule has 0 radical (unpaired) electrons. The Bertz CT molecular complexity index is 502. The Morgan fingerprint density at radius 1 is 1.25 bits per heavy atom. The first kappa shape index (κ1) is 13.7. The van der Waals surface area contributed by atoms with E-state index in [-0.39, 0.29) is 5.91 Å². The lowest BCUT2D eigenvalue weighted by Gasteiger charge is -2.44. The molecule has 2 aliphatic rings. The number of hydrogen-bond acceptors (Lipinski definition) is 2. The molecule has 1 aliphatic heterocycles. The van der Waals surface area contributed by atoms with E-state index in [1.807, 2.05) is 22.8 Å². The summed E-state index contributed by atoms with van der Waals surface area (Å²) in [5.41, 5.74) is 1.89. The van der Waals surface area contributed by atoms with Gasteiger partial charge in [-0.2, -0.15) is 5.10 Å². The molecule has 4 heteroatoms. The molecule has 110 valence electrons. The summed E-state index contributed by atoms with van der Waals surface area (Å²) < 4.78 is 1.81. The van der Waals surface area contributed by atoms with Crippen molar-refractivity contribution in [2.24, 2.45) is 13.0 Å². The van der Waals surface area contributed by atoms with E-state index in [0.29, 0.717) is 17.9 Å². The van der Waals surface area contributed by atoms with Crippen molar-refractivity contribution in [3.05, 3.63) is 17.5 Å².